The molecule has 96 valence electrons. The van der Waals surface area contributed by atoms with Crippen molar-refractivity contribution in [1.82, 2.24) is 0 Å². The summed E-state index contributed by atoms with van der Waals surface area (Å²) >= 11 is 0. The number of carbonyl (C=O) groups excluding carboxylic acids is 2. The SMILES string of the molecule is O=C1OC(=O)[C@@H]2CC=C3c4ccccc4CC[C@@H]3[C@H]12. The molecule has 1 aromatic carbocycles. The average Bonchev–Trinajstić information content (AvgIpc) is 2.74. The minimum absolute atomic E-state index is 0.160. The van der Waals surface area contributed by atoms with E-state index in [1.165, 1.54) is 16.7 Å². The van der Waals surface area contributed by atoms with Gasteiger partial charge >= 0.3 is 11.9 Å². The van der Waals surface area contributed by atoms with Crippen LogP contribution in [0.15, 0.2) is 30.3 Å². The summed E-state index contributed by atoms with van der Waals surface area (Å²) < 4.78 is 4.83. The second-order valence-corrected chi connectivity index (χ2v) is 5.57. The highest BCUT2D eigenvalue weighted by molar-refractivity contribution is 5.99. The van der Waals surface area contributed by atoms with Crippen molar-refractivity contribution in [3.8, 4) is 0 Å². The summed E-state index contributed by atoms with van der Waals surface area (Å²) in [5.74, 6) is -0.978. The van der Waals surface area contributed by atoms with Gasteiger partial charge in [0.2, 0.25) is 0 Å². The van der Waals surface area contributed by atoms with E-state index in [1.807, 2.05) is 6.07 Å². The fraction of sp³-hybridized carbons (Fsp3) is 0.375. The predicted molar refractivity (Wildman–Crippen MR) is 68.9 cm³/mol. The van der Waals surface area contributed by atoms with Crippen LogP contribution in [0.1, 0.15) is 24.0 Å². The zero-order valence-electron chi connectivity index (χ0n) is 10.5. The quantitative estimate of drug-likeness (QED) is 0.527. The van der Waals surface area contributed by atoms with Crippen molar-refractivity contribution in [1.29, 1.82) is 0 Å². The molecule has 1 heterocycles. The molecule has 3 aliphatic rings. The lowest BCUT2D eigenvalue weighted by atomic mass is 9.66. The molecule has 0 unspecified atom stereocenters. The van der Waals surface area contributed by atoms with E-state index >= 15 is 0 Å². The number of aryl methyl sites for hydroxylation is 1. The largest absolute Gasteiger partial charge is 0.393 e. The van der Waals surface area contributed by atoms with Gasteiger partial charge in [0, 0.05) is 0 Å². The summed E-state index contributed by atoms with van der Waals surface area (Å²) in [5.41, 5.74) is 3.85. The van der Waals surface area contributed by atoms with E-state index in [-0.39, 0.29) is 29.7 Å². The molecule has 1 aliphatic heterocycles. The normalized spacial score (nSPS) is 32.0. The molecule has 0 amide bonds. The zero-order valence-corrected chi connectivity index (χ0v) is 10.5. The summed E-state index contributed by atoms with van der Waals surface area (Å²) in [4.78, 5) is 23.6. The number of esters is 2. The second-order valence-electron chi connectivity index (χ2n) is 5.57. The first-order chi connectivity index (χ1) is 9.25. The number of allylic oxidation sites excluding steroid dienone is 2. The van der Waals surface area contributed by atoms with Gasteiger partial charge in [-0.15, -0.1) is 0 Å². The van der Waals surface area contributed by atoms with E-state index < -0.39 is 0 Å². The van der Waals surface area contributed by atoms with Crippen molar-refractivity contribution in [2.75, 3.05) is 0 Å². The second kappa shape index (κ2) is 3.80. The van der Waals surface area contributed by atoms with Crippen LogP contribution in [0.25, 0.3) is 5.57 Å². The van der Waals surface area contributed by atoms with Crippen molar-refractivity contribution in [2.45, 2.75) is 19.3 Å². The van der Waals surface area contributed by atoms with Crippen LogP contribution in [0.3, 0.4) is 0 Å². The minimum Gasteiger partial charge on any atom is -0.393 e. The molecule has 0 bridgehead atoms. The molecule has 0 radical (unpaired) electrons. The maximum Gasteiger partial charge on any atom is 0.318 e. The molecule has 0 saturated carbocycles. The third-order valence-corrected chi connectivity index (χ3v) is 4.69. The van der Waals surface area contributed by atoms with E-state index in [4.69, 9.17) is 4.74 Å². The zero-order chi connectivity index (χ0) is 13.0. The molecule has 3 atom stereocenters. The summed E-state index contributed by atoms with van der Waals surface area (Å²) in [6.07, 6.45) is 4.69. The number of benzene rings is 1. The highest BCUT2D eigenvalue weighted by Gasteiger charge is 2.51. The Labute approximate surface area is 111 Å². The molecule has 1 fully saturated rings. The maximum atomic E-state index is 11.9. The number of hydrogen-bond acceptors (Lipinski definition) is 3. The number of ether oxygens (including phenoxy) is 1. The first-order valence-corrected chi connectivity index (χ1v) is 6.79. The Hall–Kier alpha value is -1.90. The van der Waals surface area contributed by atoms with Gasteiger partial charge < -0.3 is 4.74 Å². The fourth-order valence-electron chi connectivity index (χ4n) is 3.82. The number of carbonyl (C=O) groups is 2. The lowest BCUT2D eigenvalue weighted by molar-refractivity contribution is -0.154. The van der Waals surface area contributed by atoms with Gasteiger partial charge in [0.1, 0.15) is 0 Å². The van der Waals surface area contributed by atoms with Gasteiger partial charge in [-0.2, -0.15) is 0 Å². The van der Waals surface area contributed by atoms with Gasteiger partial charge in [-0.05, 0) is 41.9 Å². The molecule has 1 aromatic rings. The van der Waals surface area contributed by atoms with Gasteiger partial charge in [0.15, 0.2) is 0 Å². The minimum atomic E-state index is -0.329. The van der Waals surface area contributed by atoms with E-state index in [0.717, 1.165) is 12.8 Å². The first kappa shape index (κ1) is 11.0. The van der Waals surface area contributed by atoms with Crippen LogP contribution >= 0.6 is 0 Å². The molecular weight excluding hydrogens is 240 g/mol. The summed E-state index contributed by atoms with van der Waals surface area (Å²) in [6.45, 7) is 0. The van der Waals surface area contributed by atoms with Crippen molar-refractivity contribution >= 4 is 17.5 Å². The van der Waals surface area contributed by atoms with Crippen molar-refractivity contribution in [3.05, 3.63) is 41.5 Å². The Bertz CT molecular complexity index is 614. The molecule has 19 heavy (non-hydrogen) atoms. The van der Waals surface area contributed by atoms with Crippen molar-refractivity contribution in [3.63, 3.8) is 0 Å². The van der Waals surface area contributed by atoms with Crippen LogP contribution in [0, 0.1) is 17.8 Å². The molecule has 3 heteroatoms. The fourth-order valence-corrected chi connectivity index (χ4v) is 3.82. The number of rotatable bonds is 0. The van der Waals surface area contributed by atoms with E-state index in [2.05, 4.69) is 24.3 Å². The van der Waals surface area contributed by atoms with Crippen LogP contribution in [-0.2, 0) is 20.7 Å². The van der Waals surface area contributed by atoms with Gasteiger partial charge in [0.25, 0.3) is 0 Å². The Morgan fingerprint density at radius 1 is 1.05 bits per heavy atom. The van der Waals surface area contributed by atoms with Crippen LogP contribution in [0.5, 0.6) is 0 Å². The molecule has 1 saturated heterocycles. The average molecular weight is 254 g/mol. The van der Waals surface area contributed by atoms with Crippen LogP contribution < -0.4 is 0 Å². The summed E-state index contributed by atoms with van der Waals surface area (Å²) in [7, 11) is 0. The molecule has 2 aliphatic carbocycles. The van der Waals surface area contributed by atoms with Crippen LogP contribution in [0.4, 0.5) is 0 Å². The van der Waals surface area contributed by atoms with E-state index in [0.29, 0.717) is 6.42 Å². The van der Waals surface area contributed by atoms with Gasteiger partial charge in [-0.1, -0.05) is 30.3 Å². The standard InChI is InChI=1S/C16H14O3/c17-15-13-8-7-11-10-4-2-1-3-9(10)5-6-12(11)14(13)16(18)19-15/h1-4,7,12-14H,5-6,8H2/t12-,13+,14-/m0/s1. The molecule has 4 rings (SSSR count). The lowest BCUT2D eigenvalue weighted by Crippen LogP contribution is -2.32. The lowest BCUT2D eigenvalue weighted by Gasteiger charge is -2.35. The Kier molecular flexibility index (Phi) is 2.19. The number of cyclic esters (lactones) is 2. The molecule has 0 N–H and O–H groups in total. The van der Waals surface area contributed by atoms with Gasteiger partial charge in [-0.25, -0.2) is 0 Å². The Morgan fingerprint density at radius 3 is 2.79 bits per heavy atom. The summed E-state index contributed by atoms with van der Waals surface area (Å²) in [5, 5.41) is 0. The maximum absolute atomic E-state index is 11.9. The third-order valence-electron chi connectivity index (χ3n) is 4.69. The van der Waals surface area contributed by atoms with Crippen molar-refractivity contribution < 1.29 is 14.3 Å². The van der Waals surface area contributed by atoms with E-state index in [1.54, 1.807) is 0 Å². The van der Waals surface area contributed by atoms with Crippen LogP contribution in [0.2, 0.25) is 0 Å². The van der Waals surface area contributed by atoms with E-state index in [9.17, 15) is 9.59 Å². The molecular formula is C16H14O3. The highest BCUT2D eigenvalue weighted by Crippen LogP contribution is 2.49. The predicted octanol–water partition coefficient (Wildman–Crippen LogP) is 2.35. The third kappa shape index (κ3) is 1.44. The number of hydrogen-bond donors (Lipinski definition) is 0. The van der Waals surface area contributed by atoms with Crippen molar-refractivity contribution in [2.24, 2.45) is 17.8 Å². The first-order valence-electron chi connectivity index (χ1n) is 6.79. The molecule has 0 aromatic heterocycles. The number of fused-ring (bicyclic) bond motifs is 5. The smallest absolute Gasteiger partial charge is 0.318 e. The molecule has 0 spiro atoms. The highest BCUT2D eigenvalue weighted by atomic mass is 16.6. The monoisotopic (exact) mass is 254 g/mol. The van der Waals surface area contributed by atoms with Gasteiger partial charge in [-0.3, -0.25) is 9.59 Å². The molecule has 3 nitrogen and oxygen atoms in total. The Balaban J connectivity index is 1.82. The van der Waals surface area contributed by atoms with Crippen LogP contribution in [-0.4, -0.2) is 11.9 Å². The van der Waals surface area contributed by atoms with Gasteiger partial charge in [0.05, 0.1) is 11.8 Å². The summed E-state index contributed by atoms with van der Waals surface area (Å²) in [6, 6.07) is 8.36. The topological polar surface area (TPSA) is 43.4 Å². The Morgan fingerprint density at radius 2 is 1.89 bits per heavy atom.